The largest absolute Gasteiger partial charge is 0.349 e. The molecule has 0 aliphatic carbocycles. The Hall–Kier alpha value is -1.35. The maximum absolute atomic E-state index is 12.0. The summed E-state index contributed by atoms with van der Waals surface area (Å²) in [5, 5.41) is 3.53. The number of carbonyl (C=O) groups excluding carboxylic acids is 1. The lowest BCUT2D eigenvalue weighted by Crippen LogP contribution is -2.33. The molecule has 3 nitrogen and oxygen atoms in total. The van der Waals surface area contributed by atoms with E-state index in [-0.39, 0.29) is 5.91 Å². The summed E-state index contributed by atoms with van der Waals surface area (Å²) in [6.45, 7) is 1.07. The minimum Gasteiger partial charge on any atom is -0.349 e. The van der Waals surface area contributed by atoms with Crippen LogP contribution in [0.2, 0.25) is 0 Å². The van der Waals surface area contributed by atoms with Crippen LogP contribution in [0.5, 0.6) is 0 Å². The molecule has 1 fully saturated rings. The summed E-state index contributed by atoms with van der Waals surface area (Å²) in [5.74, 6) is 0.501. The van der Waals surface area contributed by atoms with E-state index in [1.807, 2.05) is 20.2 Å². The molecule has 1 aromatic carbocycles. The van der Waals surface area contributed by atoms with Gasteiger partial charge >= 0.3 is 0 Å². The number of nitrogens with one attached hydrogen (secondary N) is 1. The SMILES string of the molecule is CN(C)C(=O)CC(c1ccccc1)C1CCCN1. The Morgan fingerprint density at radius 3 is 2.67 bits per heavy atom. The zero-order valence-corrected chi connectivity index (χ0v) is 11.2. The molecule has 1 N–H and O–H groups in total. The quantitative estimate of drug-likeness (QED) is 0.881. The third kappa shape index (κ3) is 3.10. The molecule has 3 heteroatoms. The molecule has 1 heterocycles. The monoisotopic (exact) mass is 246 g/mol. The molecule has 0 aromatic heterocycles. The molecule has 1 aliphatic rings. The summed E-state index contributed by atoms with van der Waals surface area (Å²) >= 11 is 0. The normalized spacial score (nSPS) is 20.7. The Morgan fingerprint density at radius 1 is 1.39 bits per heavy atom. The summed E-state index contributed by atoms with van der Waals surface area (Å²) in [6, 6.07) is 10.8. The number of rotatable bonds is 4. The molecule has 1 aliphatic heterocycles. The molecule has 2 atom stereocenters. The molecule has 1 saturated heterocycles. The Balaban J connectivity index is 2.15. The first kappa shape index (κ1) is 13.1. The molecule has 98 valence electrons. The highest BCUT2D eigenvalue weighted by Crippen LogP contribution is 2.28. The van der Waals surface area contributed by atoms with E-state index in [9.17, 15) is 4.79 Å². The van der Waals surface area contributed by atoms with E-state index in [1.54, 1.807) is 4.90 Å². The Labute approximate surface area is 109 Å². The average Bonchev–Trinajstić information content (AvgIpc) is 2.90. The van der Waals surface area contributed by atoms with Crippen molar-refractivity contribution in [1.82, 2.24) is 10.2 Å². The van der Waals surface area contributed by atoms with Gasteiger partial charge in [-0.25, -0.2) is 0 Å². The lowest BCUT2D eigenvalue weighted by Gasteiger charge is -2.25. The highest BCUT2D eigenvalue weighted by molar-refractivity contribution is 5.76. The molecule has 18 heavy (non-hydrogen) atoms. The van der Waals surface area contributed by atoms with Crippen molar-refractivity contribution in [2.75, 3.05) is 20.6 Å². The number of hydrogen-bond donors (Lipinski definition) is 1. The maximum Gasteiger partial charge on any atom is 0.222 e. The van der Waals surface area contributed by atoms with Crippen molar-refractivity contribution < 1.29 is 4.79 Å². The molecule has 2 unspecified atom stereocenters. The van der Waals surface area contributed by atoms with E-state index in [0.29, 0.717) is 18.4 Å². The van der Waals surface area contributed by atoms with Gasteiger partial charge in [0.25, 0.3) is 0 Å². The molecule has 0 spiro atoms. The zero-order chi connectivity index (χ0) is 13.0. The lowest BCUT2D eigenvalue weighted by molar-refractivity contribution is -0.129. The van der Waals surface area contributed by atoms with Crippen LogP contribution < -0.4 is 5.32 Å². The fourth-order valence-corrected chi connectivity index (χ4v) is 2.62. The first-order valence-corrected chi connectivity index (χ1v) is 6.67. The third-order valence-corrected chi connectivity index (χ3v) is 3.71. The second kappa shape index (κ2) is 6.01. The lowest BCUT2D eigenvalue weighted by atomic mass is 9.87. The van der Waals surface area contributed by atoms with Crippen LogP contribution in [0, 0.1) is 0 Å². The first-order chi connectivity index (χ1) is 8.68. The van der Waals surface area contributed by atoms with Crippen LogP contribution in [0.1, 0.15) is 30.7 Å². The van der Waals surface area contributed by atoms with E-state index in [1.165, 1.54) is 18.4 Å². The Morgan fingerprint density at radius 2 is 2.11 bits per heavy atom. The zero-order valence-electron chi connectivity index (χ0n) is 11.2. The number of amides is 1. The summed E-state index contributed by atoms with van der Waals surface area (Å²) in [5.41, 5.74) is 1.27. The van der Waals surface area contributed by atoms with Gasteiger partial charge in [-0.15, -0.1) is 0 Å². The minimum atomic E-state index is 0.206. The van der Waals surface area contributed by atoms with Crippen LogP contribution in [0.25, 0.3) is 0 Å². The van der Waals surface area contributed by atoms with Gasteiger partial charge in [-0.05, 0) is 24.9 Å². The van der Waals surface area contributed by atoms with Gasteiger partial charge in [0.1, 0.15) is 0 Å². The van der Waals surface area contributed by atoms with Gasteiger partial charge in [0.05, 0.1) is 0 Å². The van der Waals surface area contributed by atoms with Gasteiger partial charge in [0, 0.05) is 32.5 Å². The van der Waals surface area contributed by atoms with Crippen molar-refractivity contribution in [3.8, 4) is 0 Å². The number of nitrogens with zero attached hydrogens (tertiary/aromatic N) is 1. The number of benzene rings is 1. The van der Waals surface area contributed by atoms with Crippen molar-refractivity contribution in [3.63, 3.8) is 0 Å². The number of carbonyl (C=O) groups is 1. The van der Waals surface area contributed by atoms with Crippen molar-refractivity contribution >= 4 is 5.91 Å². The number of hydrogen-bond acceptors (Lipinski definition) is 2. The van der Waals surface area contributed by atoms with Crippen LogP contribution >= 0.6 is 0 Å². The van der Waals surface area contributed by atoms with E-state index >= 15 is 0 Å². The highest BCUT2D eigenvalue weighted by Gasteiger charge is 2.28. The predicted molar refractivity (Wildman–Crippen MR) is 73.5 cm³/mol. The van der Waals surface area contributed by atoms with Crippen molar-refractivity contribution in [1.29, 1.82) is 0 Å². The van der Waals surface area contributed by atoms with Crippen molar-refractivity contribution in [2.24, 2.45) is 0 Å². The van der Waals surface area contributed by atoms with E-state index < -0.39 is 0 Å². The molecular weight excluding hydrogens is 224 g/mol. The van der Waals surface area contributed by atoms with E-state index in [0.717, 1.165) is 6.54 Å². The van der Waals surface area contributed by atoms with Crippen LogP contribution in [0.15, 0.2) is 30.3 Å². The highest BCUT2D eigenvalue weighted by atomic mass is 16.2. The fraction of sp³-hybridized carbons (Fsp3) is 0.533. The van der Waals surface area contributed by atoms with E-state index in [2.05, 4.69) is 29.6 Å². The Kier molecular flexibility index (Phi) is 4.37. The van der Waals surface area contributed by atoms with Crippen LogP contribution in [0.4, 0.5) is 0 Å². The topological polar surface area (TPSA) is 32.3 Å². The fourth-order valence-electron chi connectivity index (χ4n) is 2.62. The predicted octanol–water partition coefficient (Wildman–Crippen LogP) is 2.00. The van der Waals surface area contributed by atoms with Crippen LogP contribution in [0.3, 0.4) is 0 Å². The molecule has 0 bridgehead atoms. The summed E-state index contributed by atoms with van der Waals surface area (Å²) in [4.78, 5) is 13.7. The van der Waals surface area contributed by atoms with Gasteiger partial charge in [0.2, 0.25) is 5.91 Å². The van der Waals surface area contributed by atoms with Crippen LogP contribution in [-0.2, 0) is 4.79 Å². The smallest absolute Gasteiger partial charge is 0.222 e. The van der Waals surface area contributed by atoms with Gasteiger partial charge in [-0.2, -0.15) is 0 Å². The molecule has 0 radical (unpaired) electrons. The van der Waals surface area contributed by atoms with Crippen molar-refractivity contribution in [2.45, 2.75) is 31.2 Å². The third-order valence-electron chi connectivity index (χ3n) is 3.71. The average molecular weight is 246 g/mol. The standard InChI is InChI=1S/C15H22N2O/c1-17(2)15(18)11-13(14-9-6-10-16-14)12-7-4-3-5-8-12/h3-5,7-8,13-14,16H,6,9-11H2,1-2H3. The maximum atomic E-state index is 12.0. The van der Waals surface area contributed by atoms with Crippen LogP contribution in [-0.4, -0.2) is 37.5 Å². The van der Waals surface area contributed by atoms with Crippen molar-refractivity contribution in [3.05, 3.63) is 35.9 Å². The second-order valence-electron chi connectivity index (χ2n) is 5.21. The van der Waals surface area contributed by atoms with Gasteiger partial charge in [-0.1, -0.05) is 30.3 Å². The minimum absolute atomic E-state index is 0.206. The van der Waals surface area contributed by atoms with Gasteiger partial charge in [0.15, 0.2) is 0 Å². The van der Waals surface area contributed by atoms with E-state index in [4.69, 9.17) is 0 Å². The molecular formula is C15H22N2O. The second-order valence-corrected chi connectivity index (χ2v) is 5.21. The molecule has 1 amide bonds. The first-order valence-electron chi connectivity index (χ1n) is 6.67. The Bertz CT molecular complexity index is 383. The molecule has 0 saturated carbocycles. The summed E-state index contributed by atoms with van der Waals surface area (Å²) < 4.78 is 0. The summed E-state index contributed by atoms with van der Waals surface area (Å²) in [6.07, 6.45) is 2.97. The summed E-state index contributed by atoms with van der Waals surface area (Å²) in [7, 11) is 3.65. The molecule has 1 aromatic rings. The molecule has 2 rings (SSSR count). The van der Waals surface area contributed by atoms with Gasteiger partial charge in [-0.3, -0.25) is 4.79 Å². The van der Waals surface area contributed by atoms with Gasteiger partial charge < -0.3 is 10.2 Å².